The van der Waals surface area contributed by atoms with Gasteiger partial charge < -0.3 is 20.9 Å². The third-order valence-electron chi connectivity index (χ3n) is 4.75. The van der Waals surface area contributed by atoms with Crippen LogP contribution in [-0.4, -0.2) is 40.9 Å². The zero-order valence-electron chi connectivity index (χ0n) is 15.2. The lowest BCUT2D eigenvalue weighted by molar-refractivity contribution is 0.0925. The predicted molar refractivity (Wildman–Crippen MR) is 111 cm³/mol. The fourth-order valence-corrected chi connectivity index (χ4v) is 3.93. The van der Waals surface area contributed by atoms with Gasteiger partial charge in [0.05, 0.1) is 10.0 Å². The average molecular weight is 445 g/mol. The lowest BCUT2D eigenvalue weighted by Crippen LogP contribution is -2.45. The molecule has 2 aromatic rings. The number of aryl methyl sites for hydroxylation is 1. The molecule has 2 aromatic heterocycles. The van der Waals surface area contributed by atoms with E-state index >= 15 is 0 Å². The van der Waals surface area contributed by atoms with Crippen LogP contribution in [0.2, 0.25) is 15.2 Å². The smallest absolute Gasteiger partial charge is 0.269 e. The number of piperidine rings is 1. The van der Waals surface area contributed by atoms with Crippen molar-refractivity contribution in [2.45, 2.75) is 32.2 Å². The molecule has 4 N–H and O–H groups in total. The van der Waals surface area contributed by atoms with Crippen molar-refractivity contribution in [2.24, 2.45) is 5.73 Å². The molecule has 3 heterocycles. The number of aromatic amines is 1. The molecule has 28 heavy (non-hydrogen) atoms. The minimum atomic E-state index is -0.555. The SMILES string of the molecule is CCc1[nH]c(C(=O)NC2CCN(c3cc(C(N)=O)cc(Cl)n3)CC2)c(Cl)c1Cl. The fraction of sp³-hybridized carbons (Fsp3) is 0.389. The zero-order valence-corrected chi connectivity index (χ0v) is 17.5. The highest BCUT2D eigenvalue weighted by Gasteiger charge is 2.25. The summed E-state index contributed by atoms with van der Waals surface area (Å²) in [5, 5.41) is 3.84. The Bertz CT molecular complexity index is 907. The number of nitrogens with two attached hydrogens (primary N) is 1. The third kappa shape index (κ3) is 4.37. The molecule has 0 saturated carbocycles. The maximum Gasteiger partial charge on any atom is 0.269 e. The number of primary amides is 1. The van der Waals surface area contributed by atoms with Gasteiger partial charge in [-0.1, -0.05) is 41.7 Å². The molecule has 1 saturated heterocycles. The lowest BCUT2D eigenvalue weighted by Gasteiger charge is -2.33. The number of carbonyl (C=O) groups is 2. The van der Waals surface area contributed by atoms with Gasteiger partial charge in [0.15, 0.2) is 0 Å². The molecule has 0 aliphatic carbocycles. The van der Waals surface area contributed by atoms with E-state index in [2.05, 4.69) is 15.3 Å². The molecule has 3 rings (SSSR count). The number of rotatable bonds is 5. The Morgan fingerprint density at radius 3 is 2.50 bits per heavy atom. The topological polar surface area (TPSA) is 104 Å². The zero-order chi connectivity index (χ0) is 20.4. The number of H-pyrrole nitrogens is 1. The number of anilines is 1. The van der Waals surface area contributed by atoms with Crippen LogP contribution in [0.25, 0.3) is 0 Å². The number of nitrogens with one attached hydrogen (secondary N) is 2. The molecule has 0 spiro atoms. The van der Waals surface area contributed by atoms with Crippen molar-refractivity contribution in [3.8, 4) is 0 Å². The molecule has 1 aliphatic heterocycles. The maximum atomic E-state index is 12.6. The van der Waals surface area contributed by atoms with Crippen LogP contribution < -0.4 is 16.0 Å². The normalized spacial score (nSPS) is 14.9. The summed E-state index contributed by atoms with van der Waals surface area (Å²) in [4.78, 5) is 33.2. The second-order valence-electron chi connectivity index (χ2n) is 6.60. The monoisotopic (exact) mass is 443 g/mol. The summed E-state index contributed by atoms with van der Waals surface area (Å²) in [5.74, 6) is -0.236. The molecule has 0 atom stereocenters. The fourth-order valence-electron chi connectivity index (χ4n) is 3.20. The average Bonchev–Trinajstić information content (AvgIpc) is 2.96. The molecule has 0 aromatic carbocycles. The molecule has 0 radical (unpaired) electrons. The van der Waals surface area contributed by atoms with Gasteiger partial charge in [-0.2, -0.15) is 0 Å². The second kappa shape index (κ2) is 8.59. The Labute approximate surface area is 177 Å². The molecule has 1 aliphatic rings. The van der Waals surface area contributed by atoms with Crippen molar-refractivity contribution in [3.63, 3.8) is 0 Å². The molecule has 0 bridgehead atoms. The van der Waals surface area contributed by atoms with E-state index in [1.807, 2.05) is 11.8 Å². The Morgan fingerprint density at radius 2 is 1.93 bits per heavy atom. The number of nitrogens with zero attached hydrogens (tertiary/aromatic N) is 2. The number of hydrogen-bond acceptors (Lipinski definition) is 4. The summed E-state index contributed by atoms with van der Waals surface area (Å²) < 4.78 is 0. The molecule has 2 amide bonds. The van der Waals surface area contributed by atoms with E-state index in [9.17, 15) is 9.59 Å². The van der Waals surface area contributed by atoms with E-state index < -0.39 is 5.91 Å². The van der Waals surface area contributed by atoms with Gasteiger partial charge in [0.25, 0.3) is 5.91 Å². The van der Waals surface area contributed by atoms with Gasteiger partial charge in [-0.05, 0) is 31.4 Å². The van der Waals surface area contributed by atoms with Crippen LogP contribution in [0.15, 0.2) is 12.1 Å². The minimum Gasteiger partial charge on any atom is -0.366 e. The Hall–Kier alpha value is -1.96. The van der Waals surface area contributed by atoms with Gasteiger partial charge in [-0.25, -0.2) is 4.98 Å². The van der Waals surface area contributed by atoms with Crippen LogP contribution in [0.1, 0.15) is 46.3 Å². The first kappa shape index (κ1) is 20.8. The highest BCUT2D eigenvalue weighted by atomic mass is 35.5. The highest BCUT2D eigenvalue weighted by Crippen LogP contribution is 2.30. The summed E-state index contributed by atoms with van der Waals surface area (Å²) in [7, 11) is 0. The van der Waals surface area contributed by atoms with E-state index in [1.165, 1.54) is 6.07 Å². The number of halogens is 3. The van der Waals surface area contributed by atoms with Crippen molar-refractivity contribution < 1.29 is 9.59 Å². The summed E-state index contributed by atoms with van der Waals surface area (Å²) in [6, 6.07) is 3.05. The largest absolute Gasteiger partial charge is 0.366 e. The van der Waals surface area contributed by atoms with Crippen LogP contribution in [-0.2, 0) is 6.42 Å². The number of carbonyl (C=O) groups excluding carboxylic acids is 2. The summed E-state index contributed by atoms with van der Waals surface area (Å²) in [6.07, 6.45) is 2.07. The molecule has 0 unspecified atom stereocenters. The van der Waals surface area contributed by atoms with E-state index in [4.69, 9.17) is 40.5 Å². The minimum absolute atomic E-state index is 0.0123. The number of pyridine rings is 1. The van der Waals surface area contributed by atoms with Crippen molar-refractivity contribution in [1.82, 2.24) is 15.3 Å². The van der Waals surface area contributed by atoms with Gasteiger partial charge >= 0.3 is 0 Å². The molecule has 10 heteroatoms. The highest BCUT2D eigenvalue weighted by molar-refractivity contribution is 6.44. The van der Waals surface area contributed by atoms with E-state index in [-0.39, 0.29) is 27.8 Å². The molecule has 1 fully saturated rings. The van der Waals surface area contributed by atoms with Gasteiger partial charge in [-0.15, -0.1) is 0 Å². The molecular weight excluding hydrogens is 425 g/mol. The van der Waals surface area contributed by atoms with Crippen LogP contribution in [0.5, 0.6) is 0 Å². The van der Waals surface area contributed by atoms with E-state index in [1.54, 1.807) is 6.07 Å². The van der Waals surface area contributed by atoms with Gasteiger partial charge in [0, 0.05) is 30.4 Å². The van der Waals surface area contributed by atoms with E-state index in [0.29, 0.717) is 48.8 Å². The summed E-state index contributed by atoms with van der Waals surface area (Å²) in [6.45, 7) is 3.23. The van der Waals surface area contributed by atoms with Crippen molar-refractivity contribution in [3.05, 3.63) is 44.3 Å². The number of amides is 2. The third-order valence-corrected chi connectivity index (χ3v) is 5.84. The second-order valence-corrected chi connectivity index (χ2v) is 7.74. The summed E-state index contributed by atoms with van der Waals surface area (Å²) in [5.41, 5.74) is 6.67. The first-order chi connectivity index (χ1) is 13.3. The number of hydrogen-bond donors (Lipinski definition) is 3. The molecular formula is C18H20Cl3N5O2. The van der Waals surface area contributed by atoms with Crippen LogP contribution in [0.4, 0.5) is 5.82 Å². The molecule has 150 valence electrons. The van der Waals surface area contributed by atoms with Gasteiger partial charge in [0.2, 0.25) is 5.91 Å². The maximum absolute atomic E-state index is 12.6. The lowest BCUT2D eigenvalue weighted by atomic mass is 10.0. The first-order valence-electron chi connectivity index (χ1n) is 8.89. The first-order valence-corrected chi connectivity index (χ1v) is 10.0. The number of aromatic nitrogens is 2. The van der Waals surface area contributed by atoms with Crippen molar-refractivity contribution >= 4 is 52.4 Å². The van der Waals surface area contributed by atoms with Crippen LogP contribution in [0, 0.1) is 0 Å². The predicted octanol–water partition coefficient (Wildman–Crippen LogP) is 3.43. The quantitative estimate of drug-likeness (QED) is 0.614. The van der Waals surface area contributed by atoms with Gasteiger partial charge in [-0.3, -0.25) is 9.59 Å². The van der Waals surface area contributed by atoms with E-state index in [0.717, 1.165) is 5.69 Å². The summed E-state index contributed by atoms with van der Waals surface area (Å²) >= 11 is 18.3. The molecule has 7 nitrogen and oxygen atoms in total. The van der Waals surface area contributed by atoms with Crippen molar-refractivity contribution in [1.29, 1.82) is 0 Å². The Kier molecular flexibility index (Phi) is 6.37. The van der Waals surface area contributed by atoms with Crippen molar-refractivity contribution in [2.75, 3.05) is 18.0 Å². The van der Waals surface area contributed by atoms with Gasteiger partial charge in [0.1, 0.15) is 16.7 Å². The Balaban J connectivity index is 1.63. The van der Waals surface area contributed by atoms with Crippen LogP contribution >= 0.6 is 34.8 Å². The Morgan fingerprint density at radius 1 is 1.25 bits per heavy atom. The standard InChI is InChI=1S/C18H20Cl3N5O2/c1-2-11-14(20)15(21)16(24-11)18(28)23-10-3-5-26(6-4-10)13-8-9(17(22)27)7-12(19)25-13/h7-8,10,24H,2-6H2,1H3,(H2,22,27)(H,23,28). The van der Waals surface area contributed by atoms with Crippen LogP contribution in [0.3, 0.4) is 0 Å².